The SMILES string of the molecule is C=C(C)[C@H]1CC=C2C[C@@](C)([C@H](O)CO)CC[C@H]2[C@]1(C)CCC(=O)O. The maximum atomic E-state index is 11.2. The topological polar surface area (TPSA) is 77.8 Å². The Balaban J connectivity index is 2.30. The van der Waals surface area contributed by atoms with E-state index in [4.69, 9.17) is 5.11 Å². The summed E-state index contributed by atoms with van der Waals surface area (Å²) in [7, 11) is 0. The number of aliphatic hydroxyl groups excluding tert-OH is 2. The standard InChI is InChI=1S/C20H32O4/c1-13(2)15-6-5-14-11-19(3,17(22)12-21)9-7-16(14)20(15,4)10-8-18(23)24/h5,15-17,21-22H,1,6-12H2,2-4H3,(H,23,24)/t15-,16-,17-,19+,20-/m1/s1. The molecule has 0 saturated heterocycles. The average Bonchev–Trinajstić information content (AvgIpc) is 2.51. The second-order valence-corrected chi connectivity index (χ2v) is 8.43. The first kappa shape index (κ1) is 19.2. The van der Waals surface area contributed by atoms with Crippen molar-refractivity contribution in [2.45, 2.75) is 65.4 Å². The summed E-state index contributed by atoms with van der Waals surface area (Å²) in [6.45, 7) is 10.3. The monoisotopic (exact) mass is 336 g/mol. The van der Waals surface area contributed by atoms with Crippen LogP contribution >= 0.6 is 0 Å². The summed E-state index contributed by atoms with van der Waals surface area (Å²) in [5.74, 6) is -0.104. The van der Waals surface area contributed by atoms with Gasteiger partial charge in [0.25, 0.3) is 0 Å². The molecule has 0 amide bonds. The second kappa shape index (κ2) is 7.01. The fourth-order valence-corrected chi connectivity index (χ4v) is 5.08. The van der Waals surface area contributed by atoms with E-state index < -0.39 is 12.1 Å². The molecule has 0 aromatic rings. The Hall–Kier alpha value is -1.13. The number of allylic oxidation sites excluding steroid dienone is 3. The quantitative estimate of drug-likeness (QED) is 0.648. The average molecular weight is 336 g/mol. The van der Waals surface area contributed by atoms with Gasteiger partial charge in [-0.3, -0.25) is 4.79 Å². The van der Waals surface area contributed by atoms with Gasteiger partial charge in [0.05, 0.1) is 12.7 Å². The van der Waals surface area contributed by atoms with Crippen LogP contribution in [-0.4, -0.2) is 34.0 Å². The largest absolute Gasteiger partial charge is 0.481 e. The predicted molar refractivity (Wildman–Crippen MR) is 94.5 cm³/mol. The van der Waals surface area contributed by atoms with Crippen molar-refractivity contribution in [2.24, 2.45) is 22.7 Å². The van der Waals surface area contributed by atoms with E-state index in [2.05, 4.69) is 19.6 Å². The molecule has 0 aromatic carbocycles. The fraction of sp³-hybridized carbons (Fsp3) is 0.750. The Labute approximate surface area is 145 Å². The Bertz CT molecular complexity index is 538. The summed E-state index contributed by atoms with van der Waals surface area (Å²) in [4.78, 5) is 11.2. The van der Waals surface area contributed by atoms with E-state index in [0.717, 1.165) is 31.3 Å². The van der Waals surface area contributed by atoms with Gasteiger partial charge in [-0.2, -0.15) is 0 Å². The van der Waals surface area contributed by atoms with Crippen LogP contribution in [-0.2, 0) is 4.79 Å². The van der Waals surface area contributed by atoms with Crippen molar-refractivity contribution in [3.8, 4) is 0 Å². The number of hydrogen-bond acceptors (Lipinski definition) is 3. The number of hydrogen-bond donors (Lipinski definition) is 3. The minimum Gasteiger partial charge on any atom is -0.481 e. The Morgan fingerprint density at radius 2 is 2.12 bits per heavy atom. The summed E-state index contributed by atoms with van der Waals surface area (Å²) < 4.78 is 0. The van der Waals surface area contributed by atoms with Gasteiger partial charge in [0.15, 0.2) is 0 Å². The van der Waals surface area contributed by atoms with Gasteiger partial charge in [0.2, 0.25) is 0 Å². The number of carboxylic acid groups (broad SMARTS) is 1. The van der Waals surface area contributed by atoms with E-state index in [1.54, 1.807) is 0 Å². The van der Waals surface area contributed by atoms with Crippen LogP contribution in [0, 0.1) is 22.7 Å². The van der Waals surface area contributed by atoms with E-state index >= 15 is 0 Å². The van der Waals surface area contributed by atoms with Crippen molar-refractivity contribution < 1.29 is 20.1 Å². The first-order valence-electron chi connectivity index (χ1n) is 8.99. The van der Waals surface area contributed by atoms with Gasteiger partial charge in [0.1, 0.15) is 0 Å². The lowest BCUT2D eigenvalue weighted by molar-refractivity contribution is -0.138. The van der Waals surface area contributed by atoms with Gasteiger partial charge in [-0.05, 0) is 61.7 Å². The third-order valence-electron chi connectivity index (χ3n) is 6.72. The van der Waals surface area contributed by atoms with Crippen LogP contribution in [0.25, 0.3) is 0 Å². The van der Waals surface area contributed by atoms with Crippen molar-refractivity contribution in [1.29, 1.82) is 0 Å². The van der Waals surface area contributed by atoms with Gasteiger partial charge in [-0.15, -0.1) is 0 Å². The van der Waals surface area contributed by atoms with Crippen molar-refractivity contribution >= 4 is 5.97 Å². The molecule has 3 N–H and O–H groups in total. The molecule has 0 unspecified atom stereocenters. The molecular formula is C20H32O4. The first-order valence-corrected chi connectivity index (χ1v) is 8.99. The molecule has 2 aliphatic rings. The van der Waals surface area contributed by atoms with Crippen molar-refractivity contribution in [3.05, 3.63) is 23.8 Å². The lowest BCUT2D eigenvalue weighted by atomic mass is 9.51. The van der Waals surface area contributed by atoms with Crippen LogP contribution < -0.4 is 0 Å². The minimum absolute atomic E-state index is 0.0974. The van der Waals surface area contributed by atoms with Crippen molar-refractivity contribution in [1.82, 2.24) is 0 Å². The molecule has 0 radical (unpaired) electrons. The lowest BCUT2D eigenvalue weighted by Gasteiger charge is -2.53. The van der Waals surface area contributed by atoms with Crippen LogP contribution in [0.15, 0.2) is 23.8 Å². The Kier molecular flexibility index (Phi) is 5.61. The van der Waals surface area contributed by atoms with Gasteiger partial charge in [-0.1, -0.05) is 37.6 Å². The maximum Gasteiger partial charge on any atom is 0.303 e. The first-order chi connectivity index (χ1) is 11.1. The predicted octanol–water partition coefficient (Wildman–Crippen LogP) is 3.54. The number of aliphatic carboxylic acids is 1. The molecule has 1 saturated carbocycles. The highest BCUT2D eigenvalue weighted by Gasteiger charge is 2.50. The van der Waals surface area contributed by atoms with Crippen LogP contribution in [0.2, 0.25) is 0 Å². The van der Waals surface area contributed by atoms with Gasteiger partial charge < -0.3 is 15.3 Å². The van der Waals surface area contributed by atoms with Crippen molar-refractivity contribution in [3.63, 3.8) is 0 Å². The molecule has 1 fully saturated rings. The lowest BCUT2D eigenvalue weighted by Crippen LogP contribution is -2.47. The van der Waals surface area contributed by atoms with Gasteiger partial charge >= 0.3 is 5.97 Å². The van der Waals surface area contributed by atoms with E-state index in [9.17, 15) is 15.0 Å². The molecule has 0 spiro atoms. The molecule has 2 rings (SSSR count). The summed E-state index contributed by atoms with van der Waals surface area (Å²) >= 11 is 0. The number of rotatable bonds is 6. The van der Waals surface area contributed by atoms with E-state index in [1.165, 1.54) is 5.57 Å². The molecule has 0 heterocycles. The summed E-state index contributed by atoms with van der Waals surface area (Å²) in [5, 5.41) is 28.7. The molecular weight excluding hydrogens is 304 g/mol. The normalized spacial score (nSPS) is 37.3. The molecule has 4 heteroatoms. The zero-order valence-electron chi connectivity index (χ0n) is 15.2. The summed E-state index contributed by atoms with van der Waals surface area (Å²) in [6, 6.07) is 0. The third kappa shape index (κ3) is 3.45. The van der Waals surface area contributed by atoms with Crippen LogP contribution in [0.4, 0.5) is 0 Å². The molecule has 5 atom stereocenters. The number of carbonyl (C=O) groups is 1. The van der Waals surface area contributed by atoms with E-state index in [1.807, 2.05) is 13.8 Å². The maximum absolute atomic E-state index is 11.2. The number of aliphatic hydroxyl groups is 2. The molecule has 0 aromatic heterocycles. The van der Waals surface area contributed by atoms with Crippen LogP contribution in [0.1, 0.15) is 59.3 Å². The molecule has 136 valence electrons. The van der Waals surface area contributed by atoms with Gasteiger partial charge in [0, 0.05) is 6.42 Å². The molecule has 4 nitrogen and oxygen atoms in total. The highest BCUT2D eigenvalue weighted by Crippen LogP contribution is 2.58. The fourth-order valence-electron chi connectivity index (χ4n) is 5.08. The molecule has 2 aliphatic carbocycles. The zero-order chi connectivity index (χ0) is 18.1. The highest BCUT2D eigenvalue weighted by molar-refractivity contribution is 5.66. The smallest absolute Gasteiger partial charge is 0.303 e. The minimum atomic E-state index is -0.746. The number of fused-ring (bicyclic) bond motifs is 1. The van der Waals surface area contributed by atoms with E-state index in [0.29, 0.717) is 18.3 Å². The Morgan fingerprint density at radius 3 is 2.67 bits per heavy atom. The van der Waals surface area contributed by atoms with Crippen LogP contribution in [0.5, 0.6) is 0 Å². The highest BCUT2D eigenvalue weighted by atomic mass is 16.4. The van der Waals surface area contributed by atoms with Crippen molar-refractivity contribution in [2.75, 3.05) is 6.61 Å². The molecule has 0 bridgehead atoms. The third-order valence-corrected chi connectivity index (χ3v) is 6.72. The molecule has 24 heavy (non-hydrogen) atoms. The van der Waals surface area contributed by atoms with Gasteiger partial charge in [-0.25, -0.2) is 0 Å². The Morgan fingerprint density at radius 1 is 1.46 bits per heavy atom. The molecule has 0 aliphatic heterocycles. The summed E-state index contributed by atoms with van der Waals surface area (Å²) in [5.41, 5.74) is 2.07. The second-order valence-electron chi connectivity index (χ2n) is 8.43. The summed E-state index contributed by atoms with van der Waals surface area (Å²) in [6.07, 6.45) is 5.87. The van der Waals surface area contributed by atoms with Crippen LogP contribution in [0.3, 0.4) is 0 Å². The van der Waals surface area contributed by atoms with E-state index in [-0.39, 0.29) is 23.9 Å². The zero-order valence-corrected chi connectivity index (χ0v) is 15.2. The number of carboxylic acids is 1.